The van der Waals surface area contributed by atoms with E-state index in [4.69, 9.17) is 27.8 Å². The van der Waals surface area contributed by atoms with Gasteiger partial charge in [-0.3, -0.25) is 4.98 Å². The van der Waals surface area contributed by atoms with Crippen molar-refractivity contribution in [1.29, 1.82) is 0 Å². The van der Waals surface area contributed by atoms with E-state index in [1.807, 2.05) is 18.2 Å². The largest absolute Gasteiger partial charge is 0.487 e. The molecule has 6 nitrogen and oxygen atoms in total. The second kappa shape index (κ2) is 7.46. The summed E-state index contributed by atoms with van der Waals surface area (Å²) in [4.78, 5) is 10.1. The minimum absolute atomic E-state index is 0.0310. The second-order valence-electron chi connectivity index (χ2n) is 6.29. The third-order valence-corrected chi connectivity index (χ3v) is 4.71. The van der Waals surface area contributed by atoms with E-state index < -0.39 is 12.0 Å². The van der Waals surface area contributed by atoms with Crippen LogP contribution in [0.3, 0.4) is 0 Å². The first-order chi connectivity index (χ1) is 13.5. The van der Waals surface area contributed by atoms with Crippen molar-refractivity contribution in [2.24, 2.45) is 10.7 Å². The third kappa shape index (κ3) is 3.49. The lowest BCUT2D eigenvalue weighted by atomic mass is 10.1. The maximum absolute atomic E-state index is 13.7. The summed E-state index contributed by atoms with van der Waals surface area (Å²) < 4.78 is 19.4. The predicted molar refractivity (Wildman–Crippen MR) is 108 cm³/mol. The number of ether oxygens (including phenoxy) is 1. The summed E-state index contributed by atoms with van der Waals surface area (Å²) in [5.74, 6) is 0.0261. The first kappa shape index (κ1) is 18.2. The van der Waals surface area contributed by atoms with Crippen LogP contribution in [0, 0.1) is 5.82 Å². The van der Waals surface area contributed by atoms with Crippen LogP contribution >= 0.6 is 11.6 Å². The Morgan fingerprint density at radius 1 is 1.21 bits per heavy atom. The second-order valence-corrected chi connectivity index (χ2v) is 6.70. The fourth-order valence-corrected chi connectivity index (χ4v) is 3.16. The average Bonchev–Trinajstić information content (AvgIpc) is 2.70. The quantitative estimate of drug-likeness (QED) is 0.645. The van der Waals surface area contributed by atoms with E-state index in [9.17, 15) is 4.39 Å². The highest BCUT2D eigenvalue weighted by Gasteiger charge is 2.24. The van der Waals surface area contributed by atoms with Crippen LogP contribution in [-0.2, 0) is 6.61 Å². The molecule has 3 aromatic rings. The third-order valence-electron chi connectivity index (χ3n) is 4.42. The number of nitrogens with two attached hydrogens (primary N) is 2. The topological polar surface area (TPSA) is 89.8 Å². The lowest BCUT2D eigenvalue weighted by Gasteiger charge is -2.31. The monoisotopic (exact) mass is 397 g/mol. The summed E-state index contributed by atoms with van der Waals surface area (Å²) >= 11 is 6.39. The lowest BCUT2D eigenvalue weighted by molar-refractivity contribution is 0.306. The number of anilines is 2. The summed E-state index contributed by atoms with van der Waals surface area (Å²) in [5.41, 5.74) is 14.8. The van der Waals surface area contributed by atoms with Crippen LogP contribution in [0.2, 0.25) is 5.02 Å². The van der Waals surface area contributed by atoms with Crippen molar-refractivity contribution in [2.45, 2.75) is 12.8 Å². The number of aromatic nitrogens is 1. The van der Waals surface area contributed by atoms with Gasteiger partial charge in [-0.15, -0.1) is 0 Å². The summed E-state index contributed by atoms with van der Waals surface area (Å²) in [6, 6.07) is 11.9. The van der Waals surface area contributed by atoms with Crippen molar-refractivity contribution in [3.8, 4) is 5.75 Å². The van der Waals surface area contributed by atoms with Gasteiger partial charge < -0.3 is 21.1 Å². The van der Waals surface area contributed by atoms with Gasteiger partial charge in [-0.2, -0.15) is 0 Å². The van der Waals surface area contributed by atoms with E-state index in [0.717, 1.165) is 11.3 Å². The van der Waals surface area contributed by atoms with Crippen molar-refractivity contribution in [2.75, 3.05) is 10.6 Å². The van der Waals surface area contributed by atoms with Crippen molar-refractivity contribution in [3.63, 3.8) is 0 Å². The zero-order valence-corrected chi connectivity index (χ0v) is 15.5. The van der Waals surface area contributed by atoms with Crippen LogP contribution in [0.4, 0.5) is 21.5 Å². The highest BCUT2D eigenvalue weighted by Crippen LogP contribution is 2.37. The molecular weight excluding hydrogens is 381 g/mol. The number of nitrogens with zero attached hydrogens (tertiary/aromatic N) is 3. The van der Waals surface area contributed by atoms with Crippen molar-refractivity contribution in [3.05, 3.63) is 76.8 Å². The Morgan fingerprint density at radius 2 is 2.07 bits per heavy atom. The fourth-order valence-electron chi connectivity index (χ4n) is 2.93. The Hall–Kier alpha value is -3.16. The standard InChI is InChI=1S/C20H17ClFN5O/c21-15-6-13(3-4-19(15)28-10-12-2-1-5-25-9-12)27-11-26-18-8-16(22)17(23)7-14(18)20(27)24/h1-9,11,20H,10,23-24H2. The van der Waals surface area contributed by atoms with Crippen molar-refractivity contribution < 1.29 is 9.13 Å². The van der Waals surface area contributed by atoms with Crippen molar-refractivity contribution in [1.82, 2.24) is 4.98 Å². The highest BCUT2D eigenvalue weighted by atomic mass is 35.5. The van der Waals surface area contributed by atoms with Gasteiger partial charge in [-0.1, -0.05) is 17.7 Å². The molecule has 2 heterocycles. The first-order valence-corrected chi connectivity index (χ1v) is 8.89. The Kier molecular flexibility index (Phi) is 4.85. The molecule has 1 aromatic heterocycles. The average molecular weight is 398 g/mol. The molecule has 2 aromatic carbocycles. The van der Waals surface area contributed by atoms with Gasteiger partial charge >= 0.3 is 0 Å². The molecule has 0 amide bonds. The molecule has 1 aliphatic heterocycles. The molecule has 4 N–H and O–H groups in total. The van der Waals surface area contributed by atoms with Gasteiger partial charge in [-0.25, -0.2) is 9.38 Å². The van der Waals surface area contributed by atoms with Crippen LogP contribution in [-0.4, -0.2) is 11.3 Å². The molecule has 0 saturated carbocycles. The summed E-state index contributed by atoms with van der Waals surface area (Å²) in [6.07, 6.45) is 4.41. The number of halogens is 2. The van der Waals surface area contributed by atoms with Gasteiger partial charge in [0.1, 0.15) is 24.3 Å². The summed E-state index contributed by atoms with van der Waals surface area (Å²) in [5, 5.41) is 0.436. The van der Waals surface area contributed by atoms with E-state index in [-0.39, 0.29) is 5.69 Å². The molecule has 0 spiro atoms. The number of rotatable bonds is 4. The predicted octanol–water partition coefficient (Wildman–Crippen LogP) is 4.17. The Balaban J connectivity index is 1.55. The summed E-state index contributed by atoms with van der Waals surface area (Å²) in [6.45, 7) is 0.357. The lowest BCUT2D eigenvalue weighted by Crippen LogP contribution is -2.35. The number of pyridine rings is 1. The molecule has 0 fully saturated rings. The number of nitrogen functional groups attached to an aromatic ring is 1. The molecule has 28 heavy (non-hydrogen) atoms. The fraction of sp³-hybridized carbons (Fsp3) is 0.100. The molecule has 1 aliphatic rings. The molecule has 1 unspecified atom stereocenters. The summed E-state index contributed by atoms with van der Waals surface area (Å²) in [7, 11) is 0. The molecule has 0 aliphatic carbocycles. The molecular formula is C20H17ClFN5O. The Morgan fingerprint density at radius 3 is 2.82 bits per heavy atom. The SMILES string of the molecule is Nc1cc2c(cc1F)N=CN(c1ccc(OCc3cccnc3)c(Cl)c1)C2N. The molecule has 4 rings (SSSR count). The van der Waals surface area contributed by atoms with Crippen LogP contribution in [0.15, 0.2) is 59.9 Å². The number of hydrogen-bond donors (Lipinski definition) is 2. The molecule has 0 bridgehead atoms. The normalized spacial score (nSPS) is 15.4. The van der Waals surface area contributed by atoms with Crippen LogP contribution in [0.1, 0.15) is 17.3 Å². The van der Waals surface area contributed by atoms with E-state index in [1.54, 1.807) is 35.8 Å². The number of hydrogen-bond acceptors (Lipinski definition) is 6. The minimum atomic E-state index is -0.575. The maximum Gasteiger partial charge on any atom is 0.148 e. The molecule has 1 atom stereocenters. The number of aliphatic imine (C=N–C) groups is 1. The molecule has 0 radical (unpaired) electrons. The molecule has 142 valence electrons. The zero-order valence-electron chi connectivity index (χ0n) is 14.7. The zero-order chi connectivity index (χ0) is 19.7. The van der Waals surface area contributed by atoms with Crippen LogP contribution in [0.25, 0.3) is 0 Å². The van der Waals surface area contributed by atoms with Gasteiger partial charge in [0.15, 0.2) is 0 Å². The van der Waals surface area contributed by atoms with Gasteiger partial charge in [0.2, 0.25) is 0 Å². The van der Waals surface area contributed by atoms with Crippen LogP contribution < -0.4 is 21.1 Å². The molecule has 8 heteroatoms. The smallest absolute Gasteiger partial charge is 0.148 e. The number of fused-ring (bicyclic) bond motifs is 1. The number of benzene rings is 2. The van der Waals surface area contributed by atoms with Crippen LogP contribution in [0.5, 0.6) is 5.75 Å². The van der Waals surface area contributed by atoms with E-state index >= 15 is 0 Å². The van der Waals surface area contributed by atoms with E-state index in [0.29, 0.717) is 28.6 Å². The van der Waals surface area contributed by atoms with Gasteiger partial charge in [0.05, 0.1) is 22.7 Å². The van der Waals surface area contributed by atoms with Gasteiger partial charge in [0, 0.05) is 35.3 Å². The molecule has 0 saturated heterocycles. The Bertz CT molecular complexity index is 1040. The maximum atomic E-state index is 13.7. The van der Waals surface area contributed by atoms with Crippen molar-refractivity contribution >= 4 is 35.0 Å². The van der Waals surface area contributed by atoms with E-state index in [2.05, 4.69) is 9.98 Å². The Labute approximate surface area is 166 Å². The minimum Gasteiger partial charge on any atom is -0.487 e. The highest BCUT2D eigenvalue weighted by molar-refractivity contribution is 6.32. The van der Waals surface area contributed by atoms with E-state index in [1.165, 1.54) is 12.1 Å². The van der Waals surface area contributed by atoms with Gasteiger partial charge in [-0.05, 0) is 30.3 Å². The van der Waals surface area contributed by atoms with Gasteiger partial charge in [0.25, 0.3) is 0 Å². The first-order valence-electron chi connectivity index (χ1n) is 8.51.